The Hall–Kier alpha value is -2.08. The highest BCUT2D eigenvalue weighted by Gasteiger charge is 2.33. The molecule has 0 spiro atoms. The lowest BCUT2D eigenvalue weighted by Crippen LogP contribution is -2.52. The summed E-state index contributed by atoms with van der Waals surface area (Å²) in [4.78, 5) is 29.0. The van der Waals surface area contributed by atoms with E-state index in [0.717, 1.165) is 18.4 Å². The number of rotatable bonds is 4. The van der Waals surface area contributed by atoms with Gasteiger partial charge in [-0.15, -0.1) is 0 Å². The fraction of sp³-hybridized carbons (Fsp3) is 0.619. The molecule has 0 aromatic heterocycles. The Morgan fingerprint density at radius 1 is 1.11 bits per heavy atom. The van der Waals surface area contributed by atoms with Gasteiger partial charge in [-0.05, 0) is 51.3 Å². The fourth-order valence-corrected chi connectivity index (χ4v) is 3.93. The van der Waals surface area contributed by atoms with E-state index in [-0.39, 0.29) is 36.5 Å². The lowest BCUT2D eigenvalue weighted by molar-refractivity contribution is -0.150. The van der Waals surface area contributed by atoms with Gasteiger partial charge in [-0.25, -0.2) is 0 Å². The van der Waals surface area contributed by atoms with E-state index >= 15 is 0 Å². The number of ether oxygens (including phenoxy) is 2. The minimum atomic E-state index is -0.0176. The predicted octanol–water partition coefficient (Wildman–Crippen LogP) is 2.25. The number of hydrogen-bond acceptors (Lipinski definition) is 4. The van der Waals surface area contributed by atoms with Crippen molar-refractivity contribution in [2.45, 2.75) is 45.8 Å². The third-order valence-electron chi connectivity index (χ3n) is 5.28. The van der Waals surface area contributed by atoms with Crippen LogP contribution in [0.3, 0.4) is 0 Å². The number of likely N-dealkylation sites (tertiary alicyclic amines) is 1. The van der Waals surface area contributed by atoms with Crippen LogP contribution in [0.4, 0.5) is 0 Å². The Morgan fingerprint density at radius 2 is 1.78 bits per heavy atom. The summed E-state index contributed by atoms with van der Waals surface area (Å²) < 4.78 is 11.3. The van der Waals surface area contributed by atoms with Gasteiger partial charge in [0.15, 0.2) is 6.61 Å². The van der Waals surface area contributed by atoms with Crippen LogP contribution in [0.25, 0.3) is 0 Å². The first-order valence-corrected chi connectivity index (χ1v) is 9.84. The van der Waals surface area contributed by atoms with Crippen LogP contribution in [-0.2, 0) is 14.3 Å². The lowest BCUT2D eigenvalue weighted by atomic mass is 9.94. The predicted molar refractivity (Wildman–Crippen MR) is 103 cm³/mol. The molecule has 0 aliphatic carbocycles. The molecule has 2 fully saturated rings. The SMILES string of the molecule is Cc1cccc(OCC(=O)N2CCC(C(=O)N3C[C@H](C)O[C@@H](C)C3)CC2)c1. The van der Waals surface area contributed by atoms with E-state index in [1.165, 1.54) is 0 Å². The second kappa shape index (κ2) is 8.74. The molecule has 2 saturated heterocycles. The van der Waals surface area contributed by atoms with E-state index in [9.17, 15) is 9.59 Å². The zero-order chi connectivity index (χ0) is 19.4. The van der Waals surface area contributed by atoms with Crippen LogP contribution < -0.4 is 4.74 Å². The number of amides is 2. The number of piperidine rings is 1. The smallest absolute Gasteiger partial charge is 0.260 e. The zero-order valence-electron chi connectivity index (χ0n) is 16.5. The summed E-state index contributed by atoms with van der Waals surface area (Å²) in [5, 5.41) is 0. The van der Waals surface area contributed by atoms with Gasteiger partial charge in [0.05, 0.1) is 12.2 Å². The topological polar surface area (TPSA) is 59.1 Å². The molecule has 3 rings (SSSR count). The highest BCUT2D eigenvalue weighted by Crippen LogP contribution is 2.22. The van der Waals surface area contributed by atoms with Crippen molar-refractivity contribution >= 4 is 11.8 Å². The first kappa shape index (κ1) is 19.7. The van der Waals surface area contributed by atoms with Crippen LogP contribution in [0, 0.1) is 12.8 Å². The molecule has 27 heavy (non-hydrogen) atoms. The van der Waals surface area contributed by atoms with Crippen LogP contribution in [0.1, 0.15) is 32.3 Å². The summed E-state index contributed by atoms with van der Waals surface area (Å²) in [5.74, 6) is 0.907. The summed E-state index contributed by atoms with van der Waals surface area (Å²) in [5.41, 5.74) is 1.10. The average Bonchev–Trinajstić information content (AvgIpc) is 2.65. The van der Waals surface area contributed by atoms with Gasteiger partial charge in [0.25, 0.3) is 5.91 Å². The first-order valence-electron chi connectivity index (χ1n) is 9.84. The van der Waals surface area contributed by atoms with Crippen molar-refractivity contribution in [2.24, 2.45) is 5.92 Å². The number of carbonyl (C=O) groups excluding carboxylic acids is 2. The van der Waals surface area contributed by atoms with Gasteiger partial charge in [-0.2, -0.15) is 0 Å². The summed E-state index contributed by atoms with van der Waals surface area (Å²) in [6.07, 6.45) is 1.60. The Kier molecular flexibility index (Phi) is 6.37. The Morgan fingerprint density at radius 3 is 2.41 bits per heavy atom. The number of benzene rings is 1. The number of morpholine rings is 1. The minimum Gasteiger partial charge on any atom is -0.484 e. The van der Waals surface area contributed by atoms with E-state index in [1.807, 2.05) is 54.8 Å². The molecule has 148 valence electrons. The molecule has 0 bridgehead atoms. The molecule has 0 N–H and O–H groups in total. The molecular weight excluding hydrogens is 344 g/mol. The summed E-state index contributed by atoms with van der Waals surface area (Å²) in [6.45, 7) is 8.59. The lowest BCUT2D eigenvalue weighted by Gasteiger charge is -2.39. The fourth-order valence-electron chi connectivity index (χ4n) is 3.93. The monoisotopic (exact) mass is 374 g/mol. The first-order chi connectivity index (χ1) is 12.9. The third-order valence-corrected chi connectivity index (χ3v) is 5.28. The molecular formula is C21H30N2O4. The van der Waals surface area contributed by atoms with Crippen molar-refractivity contribution in [3.05, 3.63) is 29.8 Å². The van der Waals surface area contributed by atoms with Gasteiger partial charge in [-0.3, -0.25) is 9.59 Å². The van der Waals surface area contributed by atoms with E-state index < -0.39 is 0 Å². The quantitative estimate of drug-likeness (QED) is 0.811. The second-order valence-corrected chi connectivity index (χ2v) is 7.76. The standard InChI is InChI=1S/C21H30N2O4/c1-15-5-4-6-19(11-15)26-14-20(24)22-9-7-18(8-10-22)21(25)23-12-16(2)27-17(3)13-23/h4-6,11,16-18H,7-10,12-14H2,1-3H3/t16-,17-/m0/s1. The molecule has 0 saturated carbocycles. The summed E-state index contributed by atoms with van der Waals surface area (Å²) in [7, 11) is 0. The van der Waals surface area contributed by atoms with Crippen molar-refractivity contribution < 1.29 is 19.1 Å². The molecule has 2 heterocycles. The molecule has 0 unspecified atom stereocenters. The zero-order valence-corrected chi connectivity index (χ0v) is 16.5. The van der Waals surface area contributed by atoms with Crippen LogP contribution >= 0.6 is 0 Å². The number of hydrogen-bond donors (Lipinski definition) is 0. The van der Waals surface area contributed by atoms with E-state index in [0.29, 0.717) is 31.9 Å². The molecule has 2 amide bonds. The van der Waals surface area contributed by atoms with Gasteiger partial charge in [0.1, 0.15) is 5.75 Å². The summed E-state index contributed by atoms with van der Waals surface area (Å²) >= 11 is 0. The molecule has 2 aliphatic heterocycles. The van der Waals surface area contributed by atoms with E-state index in [1.54, 1.807) is 0 Å². The minimum absolute atomic E-state index is 0.00393. The van der Waals surface area contributed by atoms with Gasteiger partial charge in [0, 0.05) is 32.1 Å². The Bertz CT molecular complexity index is 660. The van der Waals surface area contributed by atoms with E-state index in [4.69, 9.17) is 9.47 Å². The van der Waals surface area contributed by atoms with Crippen molar-refractivity contribution in [2.75, 3.05) is 32.8 Å². The molecule has 6 heteroatoms. The van der Waals surface area contributed by atoms with Crippen molar-refractivity contribution in [1.82, 2.24) is 9.80 Å². The average molecular weight is 374 g/mol. The third kappa shape index (κ3) is 5.22. The summed E-state index contributed by atoms with van der Waals surface area (Å²) in [6, 6.07) is 7.68. The number of carbonyl (C=O) groups is 2. The normalized spacial score (nSPS) is 24.0. The number of aryl methyl sites for hydroxylation is 1. The maximum atomic E-state index is 12.8. The van der Waals surface area contributed by atoms with Gasteiger partial charge in [0.2, 0.25) is 5.91 Å². The highest BCUT2D eigenvalue weighted by atomic mass is 16.5. The van der Waals surface area contributed by atoms with E-state index in [2.05, 4.69) is 0 Å². The van der Waals surface area contributed by atoms with Crippen molar-refractivity contribution in [3.63, 3.8) is 0 Å². The van der Waals surface area contributed by atoms with Gasteiger partial charge < -0.3 is 19.3 Å². The molecule has 2 atom stereocenters. The van der Waals surface area contributed by atoms with Crippen molar-refractivity contribution in [3.8, 4) is 5.75 Å². The molecule has 6 nitrogen and oxygen atoms in total. The van der Waals surface area contributed by atoms with Crippen LogP contribution in [0.2, 0.25) is 0 Å². The van der Waals surface area contributed by atoms with Crippen LogP contribution in [0.15, 0.2) is 24.3 Å². The largest absolute Gasteiger partial charge is 0.484 e. The Balaban J connectivity index is 1.45. The molecule has 0 radical (unpaired) electrons. The second-order valence-electron chi connectivity index (χ2n) is 7.76. The van der Waals surface area contributed by atoms with Crippen LogP contribution in [-0.4, -0.2) is 66.6 Å². The van der Waals surface area contributed by atoms with Gasteiger partial charge >= 0.3 is 0 Å². The van der Waals surface area contributed by atoms with Gasteiger partial charge in [-0.1, -0.05) is 12.1 Å². The highest BCUT2D eigenvalue weighted by molar-refractivity contribution is 5.81. The van der Waals surface area contributed by atoms with Crippen LogP contribution in [0.5, 0.6) is 5.75 Å². The molecule has 1 aromatic rings. The number of nitrogens with zero attached hydrogens (tertiary/aromatic N) is 2. The molecule has 2 aliphatic rings. The van der Waals surface area contributed by atoms with Crippen molar-refractivity contribution in [1.29, 1.82) is 0 Å². The maximum absolute atomic E-state index is 12.8. The maximum Gasteiger partial charge on any atom is 0.260 e. The molecule has 1 aromatic carbocycles. The Labute approximate surface area is 161 Å².